The largest absolute Gasteiger partial charge is 0.308 e. The van der Waals surface area contributed by atoms with E-state index in [1.54, 1.807) is 0 Å². The van der Waals surface area contributed by atoms with Crippen LogP contribution in [0, 0.1) is 13.8 Å². The Hall–Kier alpha value is -0.450. The SMILES string of the molecule is Cc1nc(C)c(C(C)NCC2CCCCN2C)s1. The van der Waals surface area contributed by atoms with Gasteiger partial charge in [-0.25, -0.2) is 4.98 Å². The molecule has 4 heteroatoms. The first-order chi connectivity index (χ1) is 8.58. The zero-order valence-corrected chi connectivity index (χ0v) is 12.8. The van der Waals surface area contributed by atoms with Gasteiger partial charge in [0.05, 0.1) is 10.7 Å². The molecule has 0 aromatic carbocycles. The fourth-order valence-corrected chi connectivity index (χ4v) is 3.71. The standard InChI is InChI=1S/C14H25N3S/c1-10(14-11(2)16-12(3)18-14)15-9-13-7-5-6-8-17(13)4/h10,13,15H,5-9H2,1-4H3. The Morgan fingerprint density at radius 2 is 2.22 bits per heavy atom. The molecule has 1 N–H and O–H groups in total. The summed E-state index contributed by atoms with van der Waals surface area (Å²) < 4.78 is 0. The van der Waals surface area contributed by atoms with Gasteiger partial charge in [0.2, 0.25) is 0 Å². The highest BCUT2D eigenvalue weighted by Gasteiger charge is 2.20. The molecule has 0 spiro atoms. The molecule has 0 radical (unpaired) electrons. The second kappa shape index (κ2) is 6.13. The van der Waals surface area contributed by atoms with Crippen LogP contribution < -0.4 is 5.32 Å². The van der Waals surface area contributed by atoms with E-state index < -0.39 is 0 Å². The maximum absolute atomic E-state index is 4.51. The number of likely N-dealkylation sites (tertiary alicyclic amines) is 1. The van der Waals surface area contributed by atoms with Gasteiger partial charge in [-0.05, 0) is 47.2 Å². The average Bonchev–Trinajstić information content (AvgIpc) is 2.67. The highest BCUT2D eigenvalue weighted by atomic mass is 32.1. The van der Waals surface area contributed by atoms with Crippen molar-refractivity contribution in [3.63, 3.8) is 0 Å². The van der Waals surface area contributed by atoms with Crippen molar-refractivity contribution >= 4 is 11.3 Å². The Morgan fingerprint density at radius 3 is 2.83 bits per heavy atom. The van der Waals surface area contributed by atoms with E-state index in [1.807, 2.05) is 11.3 Å². The predicted octanol–water partition coefficient (Wildman–Crippen LogP) is 2.89. The molecule has 2 rings (SSSR count). The molecule has 0 saturated carbocycles. The fourth-order valence-electron chi connectivity index (χ4n) is 2.76. The number of rotatable bonds is 4. The van der Waals surface area contributed by atoms with Gasteiger partial charge in [-0.3, -0.25) is 0 Å². The lowest BCUT2D eigenvalue weighted by atomic mass is 10.0. The molecule has 1 saturated heterocycles. The van der Waals surface area contributed by atoms with Gasteiger partial charge in [0.15, 0.2) is 0 Å². The summed E-state index contributed by atoms with van der Waals surface area (Å²) in [5.41, 5.74) is 1.19. The first-order valence-electron chi connectivity index (χ1n) is 6.95. The summed E-state index contributed by atoms with van der Waals surface area (Å²) in [5.74, 6) is 0. The topological polar surface area (TPSA) is 28.2 Å². The van der Waals surface area contributed by atoms with Crippen LogP contribution >= 0.6 is 11.3 Å². The van der Waals surface area contributed by atoms with Gasteiger partial charge in [0, 0.05) is 23.5 Å². The lowest BCUT2D eigenvalue weighted by Crippen LogP contribution is -2.43. The van der Waals surface area contributed by atoms with Crippen LogP contribution in [0.25, 0.3) is 0 Å². The Balaban J connectivity index is 1.87. The molecule has 1 aliphatic heterocycles. The van der Waals surface area contributed by atoms with Crippen molar-refractivity contribution in [1.82, 2.24) is 15.2 Å². The first-order valence-corrected chi connectivity index (χ1v) is 7.77. The van der Waals surface area contributed by atoms with Crippen LogP contribution in [-0.4, -0.2) is 36.1 Å². The van der Waals surface area contributed by atoms with E-state index >= 15 is 0 Å². The van der Waals surface area contributed by atoms with E-state index in [4.69, 9.17) is 0 Å². The van der Waals surface area contributed by atoms with Crippen LogP contribution in [0.1, 0.15) is 47.8 Å². The van der Waals surface area contributed by atoms with Gasteiger partial charge in [0.25, 0.3) is 0 Å². The number of nitrogens with one attached hydrogen (secondary N) is 1. The van der Waals surface area contributed by atoms with E-state index in [0.717, 1.165) is 6.54 Å². The van der Waals surface area contributed by atoms with Crippen molar-refractivity contribution in [3.05, 3.63) is 15.6 Å². The molecule has 1 aliphatic rings. The Kier molecular flexibility index (Phi) is 4.76. The minimum Gasteiger partial charge on any atom is -0.308 e. The number of nitrogens with zero attached hydrogens (tertiary/aromatic N) is 2. The van der Waals surface area contributed by atoms with Gasteiger partial charge in [-0.2, -0.15) is 0 Å². The molecule has 18 heavy (non-hydrogen) atoms. The summed E-state index contributed by atoms with van der Waals surface area (Å²) in [6, 6.07) is 1.13. The maximum atomic E-state index is 4.51. The highest BCUT2D eigenvalue weighted by molar-refractivity contribution is 7.11. The molecule has 3 nitrogen and oxygen atoms in total. The number of aromatic nitrogens is 1. The smallest absolute Gasteiger partial charge is 0.0900 e. The Morgan fingerprint density at radius 1 is 1.44 bits per heavy atom. The van der Waals surface area contributed by atoms with Gasteiger partial charge >= 0.3 is 0 Å². The first kappa shape index (κ1) is 14.0. The molecule has 2 atom stereocenters. The highest BCUT2D eigenvalue weighted by Crippen LogP contribution is 2.24. The van der Waals surface area contributed by atoms with Crippen molar-refractivity contribution in [1.29, 1.82) is 0 Å². The van der Waals surface area contributed by atoms with Crippen LogP contribution in [0.5, 0.6) is 0 Å². The quantitative estimate of drug-likeness (QED) is 0.909. The zero-order valence-electron chi connectivity index (χ0n) is 12.0. The van der Waals surface area contributed by atoms with Crippen molar-refractivity contribution in [2.75, 3.05) is 20.1 Å². The van der Waals surface area contributed by atoms with Crippen molar-refractivity contribution < 1.29 is 0 Å². The van der Waals surface area contributed by atoms with E-state index in [2.05, 4.69) is 43.0 Å². The average molecular weight is 267 g/mol. The second-order valence-corrected chi connectivity index (χ2v) is 6.68. The minimum absolute atomic E-state index is 0.423. The molecule has 2 unspecified atom stereocenters. The van der Waals surface area contributed by atoms with Crippen molar-refractivity contribution in [2.45, 2.75) is 52.1 Å². The van der Waals surface area contributed by atoms with Crippen LogP contribution in [0.2, 0.25) is 0 Å². The minimum atomic E-state index is 0.423. The third kappa shape index (κ3) is 3.31. The molecule has 2 heterocycles. The molecule has 1 aromatic heterocycles. The summed E-state index contributed by atoms with van der Waals surface area (Å²) in [6.45, 7) is 8.79. The summed E-state index contributed by atoms with van der Waals surface area (Å²) in [7, 11) is 2.25. The molecule has 0 bridgehead atoms. The second-order valence-electron chi connectivity index (χ2n) is 5.44. The van der Waals surface area contributed by atoms with Gasteiger partial charge in [-0.15, -0.1) is 11.3 Å². The summed E-state index contributed by atoms with van der Waals surface area (Å²) in [5, 5.41) is 4.85. The van der Waals surface area contributed by atoms with Crippen molar-refractivity contribution in [3.8, 4) is 0 Å². The van der Waals surface area contributed by atoms with E-state index in [0.29, 0.717) is 12.1 Å². The van der Waals surface area contributed by atoms with E-state index in [9.17, 15) is 0 Å². The van der Waals surface area contributed by atoms with Crippen molar-refractivity contribution in [2.24, 2.45) is 0 Å². The van der Waals surface area contributed by atoms with Crippen LogP contribution in [-0.2, 0) is 0 Å². The number of piperidine rings is 1. The third-order valence-corrected chi connectivity index (χ3v) is 5.17. The molecule has 1 fully saturated rings. The molecular formula is C14H25N3S. The Bertz CT molecular complexity index is 388. The maximum Gasteiger partial charge on any atom is 0.0900 e. The van der Waals surface area contributed by atoms with Gasteiger partial charge in [0.1, 0.15) is 0 Å². The van der Waals surface area contributed by atoms with Crippen LogP contribution in [0.3, 0.4) is 0 Å². The number of hydrogen-bond donors (Lipinski definition) is 1. The normalized spacial score (nSPS) is 23.2. The lowest BCUT2D eigenvalue weighted by Gasteiger charge is -2.33. The summed E-state index contributed by atoms with van der Waals surface area (Å²) >= 11 is 1.82. The summed E-state index contributed by atoms with van der Waals surface area (Å²) in [4.78, 5) is 8.40. The monoisotopic (exact) mass is 267 g/mol. The van der Waals surface area contributed by atoms with E-state index in [1.165, 1.54) is 41.4 Å². The summed E-state index contributed by atoms with van der Waals surface area (Å²) in [6.07, 6.45) is 4.07. The van der Waals surface area contributed by atoms with E-state index in [-0.39, 0.29) is 0 Å². The zero-order chi connectivity index (χ0) is 13.1. The Labute approximate surface area is 115 Å². The number of aryl methyl sites for hydroxylation is 2. The lowest BCUT2D eigenvalue weighted by molar-refractivity contribution is 0.178. The number of likely N-dealkylation sites (N-methyl/N-ethyl adjacent to an activating group) is 1. The van der Waals surface area contributed by atoms with Gasteiger partial charge in [-0.1, -0.05) is 6.42 Å². The third-order valence-electron chi connectivity index (χ3n) is 3.91. The van der Waals surface area contributed by atoms with Crippen LogP contribution in [0.15, 0.2) is 0 Å². The predicted molar refractivity (Wildman–Crippen MR) is 78.3 cm³/mol. The molecule has 1 aromatic rings. The molecular weight excluding hydrogens is 242 g/mol. The number of hydrogen-bond acceptors (Lipinski definition) is 4. The molecule has 0 amide bonds. The van der Waals surface area contributed by atoms with Gasteiger partial charge < -0.3 is 10.2 Å². The van der Waals surface area contributed by atoms with Crippen LogP contribution in [0.4, 0.5) is 0 Å². The number of thiazole rings is 1. The molecule has 102 valence electrons. The molecule has 0 aliphatic carbocycles. The fraction of sp³-hybridized carbons (Fsp3) is 0.786.